The molecule has 36 heavy (non-hydrogen) atoms. The lowest BCUT2D eigenvalue weighted by Crippen LogP contribution is -2.27. The third-order valence-corrected chi connectivity index (χ3v) is 7.07. The maximum Gasteiger partial charge on any atom is 0.419 e. The number of ether oxygens (including phenoxy) is 1. The van der Waals surface area contributed by atoms with Crippen LogP contribution in [-0.2, 0) is 4.74 Å². The quantitative estimate of drug-likeness (QED) is 0.300. The minimum atomic E-state index is -0.592. The Kier molecular flexibility index (Phi) is 6.44. The first-order chi connectivity index (χ1) is 17.2. The van der Waals surface area contributed by atoms with Crippen molar-refractivity contribution in [3.8, 4) is 11.4 Å². The van der Waals surface area contributed by atoms with Crippen molar-refractivity contribution >= 4 is 17.0 Å². The number of hydrogen-bond acceptors (Lipinski definition) is 4. The van der Waals surface area contributed by atoms with Crippen molar-refractivity contribution in [1.29, 1.82) is 0 Å². The van der Waals surface area contributed by atoms with Crippen LogP contribution < -0.4 is 0 Å². The summed E-state index contributed by atoms with van der Waals surface area (Å²) in [5, 5.41) is 0.987. The van der Waals surface area contributed by atoms with E-state index in [0.29, 0.717) is 12.1 Å². The molecule has 0 bridgehead atoms. The lowest BCUT2D eigenvalue weighted by molar-refractivity contribution is 0.0547. The van der Waals surface area contributed by atoms with Crippen molar-refractivity contribution in [1.82, 2.24) is 14.5 Å². The number of aromatic nitrogens is 2. The number of rotatable bonds is 4. The third kappa shape index (κ3) is 4.80. The highest BCUT2D eigenvalue weighted by Gasteiger charge is 2.31. The van der Waals surface area contributed by atoms with Crippen LogP contribution in [0.3, 0.4) is 0 Å². The Morgan fingerprint density at radius 3 is 2.56 bits per heavy atom. The van der Waals surface area contributed by atoms with Crippen molar-refractivity contribution in [2.24, 2.45) is 0 Å². The van der Waals surface area contributed by atoms with Crippen molar-refractivity contribution in [3.63, 3.8) is 0 Å². The van der Waals surface area contributed by atoms with E-state index >= 15 is 0 Å². The highest BCUT2D eigenvalue weighted by Crippen LogP contribution is 2.39. The molecule has 2 aromatic carbocycles. The maximum atomic E-state index is 13.3. The summed E-state index contributed by atoms with van der Waals surface area (Å²) in [7, 11) is 0. The van der Waals surface area contributed by atoms with Gasteiger partial charge in [0.25, 0.3) is 0 Å². The molecule has 5 nitrogen and oxygen atoms in total. The van der Waals surface area contributed by atoms with E-state index in [4.69, 9.17) is 9.72 Å². The number of aryl methyl sites for hydroxylation is 1. The molecule has 0 amide bonds. The molecule has 0 radical (unpaired) electrons. The zero-order valence-corrected chi connectivity index (χ0v) is 21.9. The Labute approximate surface area is 213 Å². The normalized spacial score (nSPS) is 17.4. The molecular weight excluding hydrogens is 446 g/mol. The smallest absolute Gasteiger partial charge is 0.419 e. The van der Waals surface area contributed by atoms with Crippen LogP contribution in [-0.4, -0.2) is 32.7 Å². The lowest BCUT2D eigenvalue weighted by Gasteiger charge is -2.31. The molecule has 2 aromatic heterocycles. The Bertz CT molecular complexity index is 1380. The fourth-order valence-electron chi connectivity index (χ4n) is 5.29. The summed E-state index contributed by atoms with van der Waals surface area (Å²) in [6.45, 7) is 11.2. The van der Waals surface area contributed by atoms with Gasteiger partial charge in [-0.15, -0.1) is 0 Å². The van der Waals surface area contributed by atoms with Gasteiger partial charge in [-0.25, -0.2) is 9.36 Å². The molecule has 186 valence electrons. The second kappa shape index (κ2) is 9.55. The van der Waals surface area contributed by atoms with Crippen LogP contribution in [0.25, 0.3) is 22.3 Å². The Balaban J connectivity index is 1.52. The van der Waals surface area contributed by atoms with Crippen LogP contribution in [0.15, 0.2) is 72.9 Å². The summed E-state index contributed by atoms with van der Waals surface area (Å²) in [5.41, 5.74) is 5.62. The zero-order chi connectivity index (χ0) is 25.4. The number of carbonyl (C=O) groups is 1. The monoisotopic (exact) mass is 481 g/mol. The summed E-state index contributed by atoms with van der Waals surface area (Å²) in [6.07, 6.45) is 3.75. The van der Waals surface area contributed by atoms with E-state index in [-0.39, 0.29) is 6.09 Å². The summed E-state index contributed by atoms with van der Waals surface area (Å²) >= 11 is 0. The fraction of sp³-hybridized carbons (Fsp3) is 0.355. The van der Waals surface area contributed by atoms with E-state index in [1.807, 2.05) is 57.3 Å². The second-order valence-corrected chi connectivity index (χ2v) is 10.9. The molecule has 1 saturated heterocycles. The third-order valence-electron chi connectivity index (χ3n) is 7.07. The largest absolute Gasteiger partial charge is 0.443 e. The molecule has 4 aromatic rings. The molecule has 1 aliphatic heterocycles. The molecule has 0 unspecified atom stereocenters. The van der Waals surface area contributed by atoms with Gasteiger partial charge in [0, 0.05) is 23.7 Å². The number of para-hydroxylation sites is 1. The average Bonchev–Trinajstić information content (AvgIpc) is 3.48. The van der Waals surface area contributed by atoms with Gasteiger partial charge >= 0.3 is 6.09 Å². The molecular formula is C31H35N3O2. The minimum absolute atomic E-state index is 0.308. The minimum Gasteiger partial charge on any atom is -0.443 e. The van der Waals surface area contributed by atoms with Crippen LogP contribution >= 0.6 is 0 Å². The van der Waals surface area contributed by atoms with Gasteiger partial charge in [0.15, 0.2) is 0 Å². The molecule has 0 aliphatic carbocycles. The number of hydrogen-bond donors (Lipinski definition) is 0. The van der Waals surface area contributed by atoms with Gasteiger partial charge in [-0.05, 0) is 89.4 Å². The number of nitrogens with zero attached hydrogens (tertiary/aromatic N) is 3. The predicted molar refractivity (Wildman–Crippen MR) is 145 cm³/mol. The Morgan fingerprint density at radius 2 is 1.81 bits per heavy atom. The average molecular weight is 482 g/mol. The first-order valence-electron chi connectivity index (χ1n) is 12.8. The summed E-state index contributed by atoms with van der Waals surface area (Å²) < 4.78 is 7.44. The van der Waals surface area contributed by atoms with Gasteiger partial charge in [0.05, 0.1) is 16.9 Å². The molecule has 0 spiro atoms. The van der Waals surface area contributed by atoms with E-state index in [2.05, 4.69) is 55.1 Å². The zero-order valence-electron chi connectivity index (χ0n) is 21.9. The molecule has 5 heteroatoms. The summed E-state index contributed by atoms with van der Waals surface area (Å²) in [5.74, 6) is 0. The SMILES string of the molecule is Cc1ccc([C@@H](C)N2CCC[C@H]2c2ccnc(-c3cc4ccccc4n3C(=O)OC(C)(C)C)c2)cc1. The molecule has 3 heterocycles. The number of carbonyl (C=O) groups excluding carboxylic acids is 1. The molecule has 1 aliphatic rings. The second-order valence-electron chi connectivity index (χ2n) is 10.9. The van der Waals surface area contributed by atoms with E-state index in [9.17, 15) is 4.79 Å². The molecule has 2 atom stereocenters. The van der Waals surface area contributed by atoms with Crippen LogP contribution in [0, 0.1) is 6.92 Å². The summed E-state index contributed by atoms with van der Waals surface area (Å²) in [6, 6.07) is 23.7. The molecule has 0 N–H and O–H groups in total. The van der Waals surface area contributed by atoms with E-state index in [1.165, 1.54) is 16.7 Å². The van der Waals surface area contributed by atoms with Crippen molar-refractivity contribution < 1.29 is 9.53 Å². The highest BCUT2D eigenvalue weighted by molar-refractivity contribution is 5.95. The van der Waals surface area contributed by atoms with Crippen LogP contribution in [0.1, 0.15) is 69.3 Å². The molecule has 1 fully saturated rings. The first-order valence-corrected chi connectivity index (χ1v) is 12.8. The first kappa shape index (κ1) is 24.3. The van der Waals surface area contributed by atoms with Crippen molar-refractivity contribution in [2.45, 2.75) is 65.1 Å². The molecule has 5 rings (SSSR count). The standard InChI is InChI=1S/C31H35N3O2/c1-21-12-14-23(15-13-21)22(2)33-18-8-11-27(33)25-16-17-32-26(19-25)29-20-24-9-6-7-10-28(24)34(29)30(35)36-31(3,4)5/h6-7,9-10,12-17,19-20,22,27H,8,11,18H2,1-5H3/t22-,27+/m1/s1. The van der Waals surface area contributed by atoms with E-state index in [1.54, 1.807) is 4.57 Å². The van der Waals surface area contributed by atoms with Crippen LogP contribution in [0.2, 0.25) is 0 Å². The fourth-order valence-corrected chi connectivity index (χ4v) is 5.29. The number of fused-ring (bicyclic) bond motifs is 1. The maximum absolute atomic E-state index is 13.3. The van der Waals surface area contributed by atoms with E-state index < -0.39 is 5.60 Å². The Morgan fingerprint density at radius 1 is 1.06 bits per heavy atom. The topological polar surface area (TPSA) is 47.4 Å². The lowest BCUT2D eigenvalue weighted by atomic mass is 10.00. The highest BCUT2D eigenvalue weighted by atomic mass is 16.6. The number of benzene rings is 2. The van der Waals surface area contributed by atoms with Gasteiger partial charge in [0.1, 0.15) is 5.60 Å². The van der Waals surface area contributed by atoms with Crippen molar-refractivity contribution in [2.75, 3.05) is 6.54 Å². The van der Waals surface area contributed by atoms with E-state index in [0.717, 1.165) is 41.7 Å². The summed E-state index contributed by atoms with van der Waals surface area (Å²) in [4.78, 5) is 20.6. The van der Waals surface area contributed by atoms with Gasteiger partial charge < -0.3 is 4.74 Å². The Hall–Kier alpha value is -3.44. The van der Waals surface area contributed by atoms with Gasteiger partial charge in [-0.3, -0.25) is 9.88 Å². The van der Waals surface area contributed by atoms with Gasteiger partial charge in [0.2, 0.25) is 0 Å². The van der Waals surface area contributed by atoms with Crippen LogP contribution in [0.4, 0.5) is 4.79 Å². The van der Waals surface area contributed by atoms with Gasteiger partial charge in [-0.2, -0.15) is 0 Å². The number of likely N-dealkylation sites (tertiary alicyclic amines) is 1. The van der Waals surface area contributed by atoms with Crippen LogP contribution in [0.5, 0.6) is 0 Å². The van der Waals surface area contributed by atoms with Gasteiger partial charge in [-0.1, -0.05) is 48.0 Å². The molecule has 0 saturated carbocycles. The van der Waals surface area contributed by atoms with Crippen molar-refractivity contribution in [3.05, 3.63) is 89.6 Å². The number of pyridine rings is 1. The predicted octanol–water partition coefficient (Wildman–Crippen LogP) is 7.69.